The average Bonchev–Trinajstić information content (AvgIpc) is 2.70. The quantitative estimate of drug-likeness (QED) is 0.689. The second-order valence-corrected chi connectivity index (χ2v) is 6.71. The van der Waals surface area contributed by atoms with Gasteiger partial charge in [-0.3, -0.25) is 9.59 Å². The van der Waals surface area contributed by atoms with Crippen molar-refractivity contribution in [2.45, 2.75) is 32.9 Å². The predicted molar refractivity (Wildman–Crippen MR) is 107 cm³/mol. The molecule has 2 amide bonds. The van der Waals surface area contributed by atoms with E-state index in [4.69, 9.17) is 16.3 Å². The fourth-order valence-electron chi connectivity index (χ4n) is 2.57. The Labute approximate surface area is 169 Å². The smallest absolute Gasteiger partial charge is 0.261 e. The van der Waals surface area contributed by atoms with E-state index < -0.39 is 17.8 Å². The molecule has 0 aliphatic heterocycles. The lowest BCUT2D eigenvalue weighted by molar-refractivity contribution is -0.142. The van der Waals surface area contributed by atoms with Crippen LogP contribution in [0.25, 0.3) is 0 Å². The van der Waals surface area contributed by atoms with Gasteiger partial charge in [0.1, 0.15) is 17.6 Å². The van der Waals surface area contributed by atoms with E-state index in [0.29, 0.717) is 22.9 Å². The zero-order valence-electron chi connectivity index (χ0n) is 16.0. The van der Waals surface area contributed by atoms with Crippen LogP contribution in [0.3, 0.4) is 0 Å². The molecule has 0 unspecified atom stereocenters. The van der Waals surface area contributed by atoms with E-state index in [1.54, 1.807) is 49.4 Å². The topological polar surface area (TPSA) is 58.6 Å². The molecule has 2 aromatic rings. The molecule has 0 radical (unpaired) electrons. The standard InChI is InChI=1S/C21H24ClFN2O3/c1-3-12-24-21(27)15(2)25(13-16-8-4-6-10-18(16)23)20(26)14-28-19-11-7-5-9-17(19)22/h4-11,15H,3,12-14H2,1-2H3,(H,24,27)/t15-/m0/s1. The summed E-state index contributed by atoms with van der Waals surface area (Å²) in [5.41, 5.74) is 0.323. The van der Waals surface area contributed by atoms with Crippen molar-refractivity contribution in [3.05, 3.63) is 64.9 Å². The first-order valence-electron chi connectivity index (χ1n) is 9.12. The molecule has 0 saturated carbocycles. The Morgan fingerprint density at radius 2 is 1.86 bits per heavy atom. The van der Waals surface area contributed by atoms with E-state index in [1.807, 2.05) is 6.92 Å². The summed E-state index contributed by atoms with van der Waals surface area (Å²) in [4.78, 5) is 26.5. The molecule has 7 heteroatoms. The number of rotatable bonds is 9. The fraction of sp³-hybridized carbons (Fsp3) is 0.333. The molecule has 0 fully saturated rings. The molecule has 0 aliphatic carbocycles. The molecule has 1 atom stereocenters. The third kappa shape index (κ3) is 5.96. The normalized spacial score (nSPS) is 11.6. The lowest BCUT2D eigenvalue weighted by Gasteiger charge is -2.29. The van der Waals surface area contributed by atoms with Crippen LogP contribution in [0.2, 0.25) is 5.02 Å². The summed E-state index contributed by atoms with van der Waals surface area (Å²) in [6.07, 6.45) is 0.773. The van der Waals surface area contributed by atoms with Gasteiger partial charge in [-0.15, -0.1) is 0 Å². The summed E-state index contributed by atoms with van der Waals surface area (Å²) in [6.45, 7) is 3.69. The van der Waals surface area contributed by atoms with Crippen LogP contribution in [0, 0.1) is 5.82 Å². The number of benzene rings is 2. The van der Waals surface area contributed by atoms with E-state index in [-0.39, 0.29) is 19.1 Å². The van der Waals surface area contributed by atoms with E-state index >= 15 is 0 Å². The molecule has 1 N–H and O–H groups in total. The number of hydrogen-bond donors (Lipinski definition) is 1. The summed E-state index contributed by atoms with van der Waals surface area (Å²) in [6, 6.07) is 12.2. The van der Waals surface area contributed by atoms with Crippen molar-refractivity contribution >= 4 is 23.4 Å². The minimum absolute atomic E-state index is 0.0436. The van der Waals surface area contributed by atoms with Crippen molar-refractivity contribution < 1.29 is 18.7 Å². The molecule has 0 aromatic heterocycles. The van der Waals surface area contributed by atoms with Crippen LogP contribution < -0.4 is 10.1 Å². The van der Waals surface area contributed by atoms with Gasteiger partial charge in [0.25, 0.3) is 5.91 Å². The fourth-order valence-corrected chi connectivity index (χ4v) is 2.76. The molecule has 2 aromatic carbocycles. The SMILES string of the molecule is CCCNC(=O)[C@H](C)N(Cc1ccccc1F)C(=O)COc1ccccc1Cl. The lowest BCUT2D eigenvalue weighted by Crippen LogP contribution is -2.49. The Bertz CT molecular complexity index is 816. The minimum Gasteiger partial charge on any atom is -0.482 e. The van der Waals surface area contributed by atoms with Crippen molar-refractivity contribution in [1.82, 2.24) is 10.2 Å². The molecule has 0 spiro atoms. The number of carbonyl (C=O) groups is 2. The van der Waals surface area contributed by atoms with E-state index in [9.17, 15) is 14.0 Å². The Morgan fingerprint density at radius 3 is 2.54 bits per heavy atom. The van der Waals surface area contributed by atoms with Crippen LogP contribution >= 0.6 is 11.6 Å². The van der Waals surface area contributed by atoms with Gasteiger partial charge in [-0.1, -0.05) is 48.9 Å². The Morgan fingerprint density at radius 1 is 1.18 bits per heavy atom. The lowest BCUT2D eigenvalue weighted by atomic mass is 10.1. The third-order valence-corrected chi connectivity index (χ3v) is 4.52. The molecule has 28 heavy (non-hydrogen) atoms. The van der Waals surface area contributed by atoms with Gasteiger partial charge in [0, 0.05) is 18.7 Å². The first-order valence-corrected chi connectivity index (χ1v) is 9.49. The maximum atomic E-state index is 14.1. The van der Waals surface area contributed by atoms with E-state index in [0.717, 1.165) is 6.42 Å². The minimum atomic E-state index is -0.784. The number of nitrogens with zero attached hydrogens (tertiary/aromatic N) is 1. The van der Waals surface area contributed by atoms with Crippen LogP contribution in [0.5, 0.6) is 5.75 Å². The number of carbonyl (C=O) groups excluding carboxylic acids is 2. The van der Waals surface area contributed by atoms with Gasteiger partial charge in [-0.2, -0.15) is 0 Å². The van der Waals surface area contributed by atoms with Gasteiger partial charge >= 0.3 is 0 Å². The van der Waals surface area contributed by atoms with Gasteiger partial charge in [0.15, 0.2) is 6.61 Å². The van der Waals surface area contributed by atoms with Crippen LogP contribution in [-0.4, -0.2) is 35.9 Å². The Balaban J connectivity index is 2.16. The van der Waals surface area contributed by atoms with Crippen molar-refractivity contribution in [2.24, 2.45) is 0 Å². The summed E-state index contributed by atoms with van der Waals surface area (Å²) < 4.78 is 19.6. The molecule has 0 heterocycles. The predicted octanol–water partition coefficient (Wildman–Crippen LogP) is 3.80. The Kier molecular flexibility index (Phi) is 8.26. The maximum absolute atomic E-state index is 14.1. The number of halogens is 2. The van der Waals surface area contributed by atoms with Crippen molar-refractivity contribution in [2.75, 3.05) is 13.2 Å². The molecule has 0 aliphatic rings. The van der Waals surface area contributed by atoms with Gasteiger partial charge in [-0.25, -0.2) is 4.39 Å². The van der Waals surface area contributed by atoms with Gasteiger partial charge < -0.3 is 15.0 Å². The van der Waals surface area contributed by atoms with Gasteiger partial charge in [0.2, 0.25) is 5.91 Å². The summed E-state index contributed by atoms with van der Waals surface area (Å²) in [7, 11) is 0. The first kappa shape index (κ1) is 21.7. The maximum Gasteiger partial charge on any atom is 0.261 e. The highest BCUT2D eigenvalue weighted by Crippen LogP contribution is 2.23. The highest BCUT2D eigenvalue weighted by atomic mass is 35.5. The molecular weight excluding hydrogens is 383 g/mol. The van der Waals surface area contributed by atoms with Crippen LogP contribution in [0.15, 0.2) is 48.5 Å². The summed E-state index contributed by atoms with van der Waals surface area (Å²) in [5, 5.41) is 3.14. The molecular formula is C21H24ClFN2O3. The third-order valence-electron chi connectivity index (χ3n) is 4.20. The zero-order valence-corrected chi connectivity index (χ0v) is 16.7. The second-order valence-electron chi connectivity index (χ2n) is 6.30. The number of hydrogen-bond acceptors (Lipinski definition) is 3. The van der Waals surface area contributed by atoms with E-state index in [2.05, 4.69) is 5.32 Å². The second kappa shape index (κ2) is 10.7. The van der Waals surface area contributed by atoms with Gasteiger partial charge in [0.05, 0.1) is 5.02 Å². The monoisotopic (exact) mass is 406 g/mol. The van der Waals surface area contributed by atoms with Crippen molar-refractivity contribution in [3.8, 4) is 5.75 Å². The van der Waals surface area contributed by atoms with Gasteiger partial charge in [-0.05, 0) is 31.5 Å². The molecule has 2 rings (SSSR count). The van der Waals surface area contributed by atoms with E-state index in [1.165, 1.54) is 11.0 Å². The molecule has 150 valence electrons. The largest absolute Gasteiger partial charge is 0.482 e. The molecule has 0 saturated heterocycles. The van der Waals surface area contributed by atoms with Crippen LogP contribution in [0.1, 0.15) is 25.8 Å². The Hall–Kier alpha value is -2.60. The average molecular weight is 407 g/mol. The number of amides is 2. The number of para-hydroxylation sites is 1. The highest BCUT2D eigenvalue weighted by molar-refractivity contribution is 6.32. The van der Waals surface area contributed by atoms with Crippen molar-refractivity contribution in [3.63, 3.8) is 0 Å². The highest BCUT2D eigenvalue weighted by Gasteiger charge is 2.27. The van der Waals surface area contributed by atoms with Crippen LogP contribution in [0.4, 0.5) is 4.39 Å². The molecule has 0 bridgehead atoms. The molecule has 5 nitrogen and oxygen atoms in total. The number of ether oxygens (including phenoxy) is 1. The van der Waals surface area contributed by atoms with Crippen LogP contribution in [-0.2, 0) is 16.1 Å². The summed E-state index contributed by atoms with van der Waals surface area (Å²) in [5.74, 6) is -0.813. The number of nitrogens with one attached hydrogen (secondary N) is 1. The first-order chi connectivity index (χ1) is 13.4. The van der Waals surface area contributed by atoms with Crippen molar-refractivity contribution in [1.29, 1.82) is 0 Å². The summed E-state index contributed by atoms with van der Waals surface area (Å²) >= 11 is 6.04. The zero-order chi connectivity index (χ0) is 20.5.